The van der Waals surface area contributed by atoms with Crippen LogP contribution >= 0.6 is 11.3 Å². The third-order valence-corrected chi connectivity index (χ3v) is 4.11. The van der Waals surface area contributed by atoms with Crippen molar-refractivity contribution in [1.29, 1.82) is 0 Å². The molecule has 2 heterocycles. The second-order valence-electron chi connectivity index (χ2n) is 4.44. The Balaban J connectivity index is 1.95. The van der Waals surface area contributed by atoms with Gasteiger partial charge in [-0.1, -0.05) is 0 Å². The summed E-state index contributed by atoms with van der Waals surface area (Å²) in [6.45, 7) is 1.49. The summed E-state index contributed by atoms with van der Waals surface area (Å²) >= 11 is 1.19. The van der Waals surface area contributed by atoms with Crippen LogP contribution in [0.3, 0.4) is 0 Å². The Morgan fingerprint density at radius 1 is 1.63 bits per heavy atom. The third kappa shape index (κ3) is 3.12. The Morgan fingerprint density at radius 3 is 2.95 bits per heavy atom. The molecule has 1 unspecified atom stereocenters. The van der Waals surface area contributed by atoms with Crippen LogP contribution in [-0.2, 0) is 9.47 Å². The van der Waals surface area contributed by atoms with Crippen LogP contribution < -0.4 is 11.1 Å². The third-order valence-electron chi connectivity index (χ3n) is 3.18. The molecule has 6 nitrogen and oxygen atoms in total. The van der Waals surface area contributed by atoms with Gasteiger partial charge in [-0.2, -0.15) is 0 Å². The molecule has 0 spiro atoms. The van der Waals surface area contributed by atoms with Crippen LogP contribution in [0.1, 0.15) is 26.5 Å². The van der Waals surface area contributed by atoms with Crippen molar-refractivity contribution >= 4 is 23.2 Å². The van der Waals surface area contributed by atoms with Gasteiger partial charge in [-0.25, -0.2) is 0 Å². The average Bonchev–Trinajstić information content (AvgIpc) is 3.06. The highest BCUT2D eigenvalue weighted by Gasteiger charge is 2.35. The summed E-state index contributed by atoms with van der Waals surface area (Å²) in [6, 6.07) is 1.49. The summed E-state index contributed by atoms with van der Waals surface area (Å²) in [4.78, 5) is 23.4. The van der Waals surface area contributed by atoms with Crippen LogP contribution in [0.2, 0.25) is 0 Å². The van der Waals surface area contributed by atoms with Gasteiger partial charge in [0.15, 0.2) is 0 Å². The van der Waals surface area contributed by atoms with E-state index in [4.69, 9.17) is 15.2 Å². The normalized spacial score (nSPS) is 22.4. The molecule has 7 heteroatoms. The van der Waals surface area contributed by atoms with Crippen LogP contribution in [0.15, 0.2) is 11.4 Å². The molecule has 1 atom stereocenters. The summed E-state index contributed by atoms with van der Waals surface area (Å²) in [7, 11) is 1.61. The minimum absolute atomic E-state index is 0.235. The zero-order valence-corrected chi connectivity index (χ0v) is 11.4. The number of nitrogens with one attached hydrogen (secondary N) is 1. The van der Waals surface area contributed by atoms with Crippen molar-refractivity contribution < 1.29 is 19.1 Å². The summed E-state index contributed by atoms with van der Waals surface area (Å²) < 4.78 is 10.7. The minimum Gasteiger partial charge on any atom is -0.378 e. The number of hydrogen-bond acceptors (Lipinski definition) is 5. The fourth-order valence-electron chi connectivity index (χ4n) is 1.87. The van der Waals surface area contributed by atoms with Gasteiger partial charge in [0.05, 0.1) is 17.0 Å². The predicted molar refractivity (Wildman–Crippen MR) is 70.3 cm³/mol. The fraction of sp³-hybridized carbons (Fsp3) is 0.500. The Kier molecular flexibility index (Phi) is 4.18. The van der Waals surface area contributed by atoms with Gasteiger partial charge in [0, 0.05) is 32.1 Å². The lowest BCUT2D eigenvalue weighted by Gasteiger charge is -2.25. The van der Waals surface area contributed by atoms with E-state index in [1.807, 2.05) is 0 Å². The summed E-state index contributed by atoms with van der Waals surface area (Å²) in [5.41, 5.74) is 5.05. The van der Waals surface area contributed by atoms with Crippen molar-refractivity contribution in [2.24, 2.45) is 5.73 Å². The molecule has 2 amide bonds. The zero-order chi connectivity index (χ0) is 13.9. The number of carbonyl (C=O) groups is 2. The van der Waals surface area contributed by atoms with Gasteiger partial charge in [-0.05, 0) is 6.07 Å². The molecule has 0 bridgehead atoms. The second-order valence-corrected chi connectivity index (χ2v) is 5.35. The molecule has 0 aliphatic carbocycles. The van der Waals surface area contributed by atoms with Crippen molar-refractivity contribution in [3.8, 4) is 0 Å². The topological polar surface area (TPSA) is 90.6 Å². The van der Waals surface area contributed by atoms with Gasteiger partial charge < -0.3 is 20.5 Å². The molecule has 1 fully saturated rings. The molecular formula is C12H16N2O4S. The van der Waals surface area contributed by atoms with Crippen molar-refractivity contribution in [3.05, 3.63) is 21.9 Å². The Bertz CT molecular complexity index is 480. The standard InChI is InChI=1S/C12H16N2O4S/c1-17-12(2-3-18-7-12)6-14-11(16)9-4-8(5-19-9)10(13)15/h4-5H,2-3,6-7H2,1H3,(H2,13,15)(H,14,16). The first-order valence-corrected chi connectivity index (χ1v) is 6.74. The molecule has 104 valence electrons. The van der Waals surface area contributed by atoms with Crippen LogP contribution in [0.5, 0.6) is 0 Å². The van der Waals surface area contributed by atoms with Crippen molar-refractivity contribution in [3.63, 3.8) is 0 Å². The Morgan fingerprint density at radius 2 is 2.42 bits per heavy atom. The Hall–Kier alpha value is -1.44. The minimum atomic E-state index is -0.534. The van der Waals surface area contributed by atoms with Gasteiger partial charge in [0.2, 0.25) is 5.91 Å². The number of ether oxygens (including phenoxy) is 2. The molecule has 0 saturated carbocycles. The van der Waals surface area contributed by atoms with Crippen LogP contribution in [0.4, 0.5) is 0 Å². The number of thiophene rings is 1. The van der Waals surface area contributed by atoms with E-state index in [2.05, 4.69) is 5.32 Å². The van der Waals surface area contributed by atoms with Crippen LogP contribution in [0, 0.1) is 0 Å². The van der Waals surface area contributed by atoms with E-state index in [0.717, 1.165) is 6.42 Å². The molecule has 1 aliphatic heterocycles. The largest absolute Gasteiger partial charge is 0.378 e. The van der Waals surface area contributed by atoms with E-state index >= 15 is 0 Å². The molecule has 2 rings (SSSR count). The number of nitrogens with two attached hydrogens (primary N) is 1. The van der Waals surface area contributed by atoms with Crippen LogP contribution in [0.25, 0.3) is 0 Å². The van der Waals surface area contributed by atoms with E-state index in [9.17, 15) is 9.59 Å². The summed E-state index contributed by atoms with van der Waals surface area (Å²) in [5, 5.41) is 4.37. The first-order chi connectivity index (χ1) is 9.06. The molecule has 1 aliphatic rings. The number of carbonyl (C=O) groups excluding carboxylic acids is 2. The number of methoxy groups -OCH3 is 1. The lowest BCUT2D eigenvalue weighted by atomic mass is 10.0. The monoisotopic (exact) mass is 284 g/mol. The van der Waals surface area contributed by atoms with E-state index in [-0.39, 0.29) is 5.91 Å². The van der Waals surface area contributed by atoms with Gasteiger partial charge >= 0.3 is 0 Å². The van der Waals surface area contributed by atoms with Crippen molar-refractivity contribution in [1.82, 2.24) is 5.32 Å². The summed E-state index contributed by atoms with van der Waals surface area (Å²) in [5.74, 6) is -0.770. The quantitative estimate of drug-likeness (QED) is 0.818. The van der Waals surface area contributed by atoms with E-state index in [0.29, 0.717) is 30.2 Å². The maximum absolute atomic E-state index is 11.9. The van der Waals surface area contributed by atoms with Gasteiger partial charge in [-0.15, -0.1) is 11.3 Å². The van der Waals surface area contributed by atoms with E-state index < -0.39 is 11.5 Å². The zero-order valence-electron chi connectivity index (χ0n) is 10.6. The first kappa shape index (κ1) is 14.0. The molecule has 0 aromatic carbocycles. The van der Waals surface area contributed by atoms with Gasteiger partial charge in [0.1, 0.15) is 5.60 Å². The number of hydrogen-bond donors (Lipinski definition) is 2. The van der Waals surface area contributed by atoms with E-state index in [1.54, 1.807) is 12.5 Å². The maximum Gasteiger partial charge on any atom is 0.261 e. The summed E-state index contributed by atoms with van der Waals surface area (Å²) in [6.07, 6.45) is 0.751. The van der Waals surface area contributed by atoms with Gasteiger partial charge in [-0.3, -0.25) is 9.59 Å². The fourth-order valence-corrected chi connectivity index (χ4v) is 2.69. The predicted octanol–water partition coefficient (Wildman–Crippen LogP) is 0.382. The average molecular weight is 284 g/mol. The molecule has 19 heavy (non-hydrogen) atoms. The Labute approximate surface area is 114 Å². The maximum atomic E-state index is 11.9. The second kappa shape index (κ2) is 5.68. The van der Waals surface area contributed by atoms with Crippen LogP contribution in [-0.4, -0.2) is 44.3 Å². The molecule has 3 N–H and O–H groups in total. The molecule has 1 aromatic rings. The van der Waals surface area contributed by atoms with Crippen molar-refractivity contribution in [2.75, 3.05) is 26.9 Å². The smallest absolute Gasteiger partial charge is 0.261 e. The number of primary amides is 1. The molecule has 0 radical (unpaired) electrons. The number of amides is 2. The van der Waals surface area contributed by atoms with E-state index in [1.165, 1.54) is 17.4 Å². The molecular weight excluding hydrogens is 268 g/mol. The van der Waals surface area contributed by atoms with Crippen molar-refractivity contribution in [2.45, 2.75) is 12.0 Å². The van der Waals surface area contributed by atoms with Gasteiger partial charge in [0.25, 0.3) is 5.91 Å². The lowest BCUT2D eigenvalue weighted by Crippen LogP contribution is -2.44. The first-order valence-electron chi connectivity index (χ1n) is 5.86. The molecule has 1 saturated heterocycles. The lowest BCUT2D eigenvalue weighted by molar-refractivity contribution is -0.0148. The molecule has 1 aromatic heterocycles. The number of rotatable bonds is 5. The highest BCUT2D eigenvalue weighted by molar-refractivity contribution is 7.12. The SMILES string of the molecule is COC1(CNC(=O)c2cc(C(N)=O)cs2)CCOC1. The highest BCUT2D eigenvalue weighted by atomic mass is 32.1. The highest BCUT2D eigenvalue weighted by Crippen LogP contribution is 2.22.